The van der Waals surface area contributed by atoms with Gasteiger partial charge in [0.15, 0.2) is 11.7 Å². The van der Waals surface area contributed by atoms with E-state index in [1.807, 2.05) is 48.2 Å². The lowest BCUT2D eigenvalue weighted by Gasteiger charge is -2.39. The van der Waals surface area contributed by atoms with Gasteiger partial charge in [0.1, 0.15) is 5.69 Å². The monoisotopic (exact) mass is 438 g/mol. The van der Waals surface area contributed by atoms with Crippen molar-refractivity contribution in [2.45, 2.75) is 39.3 Å². The fourth-order valence-electron chi connectivity index (χ4n) is 4.39. The number of hydrogen-bond donors (Lipinski definition) is 1. The van der Waals surface area contributed by atoms with Crippen LogP contribution in [0.2, 0.25) is 0 Å². The van der Waals surface area contributed by atoms with Gasteiger partial charge in [0.2, 0.25) is 5.91 Å². The number of guanidine groups is 1. The van der Waals surface area contributed by atoms with Gasteiger partial charge >= 0.3 is 0 Å². The van der Waals surface area contributed by atoms with Crippen LogP contribution in [-0.4, -0.2) is 83.6 Å². The number of aromatic nitrogens is 1. The van der Waals surface area contributed by atoms with Gasteiger partial charge in [-0.05, 0) is 26.7 Å². The molecule has 1 aromatic carbocycles. The van der Waals surface area contributed by atoms with Crippen molar-refractivity contribution in [2.24, 2.45) is 4.99 Å². The third kappa shape index (κ3) is 5.30. The number of carbonyl (C=O) groups excluding carboxylic acids is 1. The highest BCUT2D eigenvalue weighted by Gasteiger charge is 2.30. The quantitative estimate of drug-likeness (QED) is 0.551. The van der Waals surface area contributed by atoms with Gasteiger partial charge in [-0.15, -0.1) is 0 Å². The van der Waals surface area contributed by atoms with E-state index in [9.17, 15) is 4.79 Å². The molecule has 32 heavy (non-hydrogen) atoms. The van der Waals surface area contributed by atoms with Gasteiger partial charge in [0.25, 0.3) is 0 Å². The van der Waals surface area contributed by atoms with Gasteiger partial charge in [0.05, 0.1) is 12.6 Å². The van der Waals surface area contributed by atoms with Gasteiger partial charge in [-0.2, -0.15) is 0 Å². The van der Waals surface area contributed by atoms with Crippen molar-refractivity contribution < 1.29 is 9.32 Å². The van der Waals surface area contributed by atoms with Crippen LogP contribution < -0.4 is 5.32 Å². The molecule has 0 saturated carbocycles. The molecule has 1 N–H and O–H groups in total. The second-order valence-electron chi connectivity index (χ2n) is 8.45. The van der Waals surface area contributed by atoms with E-state index in [4.69, 9.17) is 9.52 Å². The average molecular weight is 439 g/mol. The molecule has 0 spiro atoms. The van der Waals surface area contributed by atoms with Crippen molar-refractivity contribution in [3.05, 3.63) is 42.1 Å². The number of benzene rings is 1. The second kappa shape index (κ2) is 10.6. The molecular formula is C24H34N6O2. The molecular weight excluding hydrogens is 404 g/mol. The van der Waals surface area contributed by atoms with Gasteiger partial charge in [-0.3, -0.25) is 9.69 Å². The lowest BCUT2D eigenvalue weighted by Crippen LogP contribution is -2.57. The van der Waals surface area contributed by atoms with Crippen LogP contribution in [0.1, 0.15) is 32.4 Å². The fraction of sp³-hybridized carbons (Fsp3) is 0.542. The molecule has 3 heterocycles. The smallest absolute Gasteiger partial charge is 0.239 e. The zero-order valence-corrected chi connectivity index (χ0v) is 19.2. The van der Waals surface area contributed by atoms with Gasteiger partial charge in [-0.25, -0.2) is 4.99 Å². The summed E-state index contributed by atoms with van der Waals surface area (Å²) in [4.78, 5) is 24.1. The minimum Gasteiger partial charge on any atom is -0.357 e. The zero-order valence-electron chi connectivity index (χ0n) is 19.2. The predicted molar refractivity (Wildman–Crippen MR) is 125 cm³/mol. The normalized spacial score (nSPS) is 18.8. The summed E-state index contributed by atoms with van der Waals surface area (Å²) in [6.45, 7) is 10.6. The van der Waals surface area contributed by atoms with Crippen LogP contribution >= 0.6 is 0 Å². The van der Waals surface area contributed by atoms with Crippen LogP contribution in [0.3, 0.4) is 0 Å². The highest BCUT2D eigenvalue weighted by molar-refractivity contribution is 5.82. The largest absolute Gasteiger partial charge is 0.357 e. The van der Waals surface area contributed by atoms with E-state index in [1.165, 1.54) is 0 Å². The lowest BCUT2D eigenvalue weighted by atomic mass is 10.2. The number of rotatable bonds is 6. The number of amides is 1. The average Bonchev–Trinajstić information content (AvgIpc) is 3.54. The van der Waals surface area contributed by atoms with Crippen LogP contribution in [0.5, 0.6) is 0 Å². The van der Waals surface area contributed by atoms with E-state index in [0.29, 0.717) is 6.54 Å². The van der Waals surface area contributed by atoms with Crippen LogP contribution in [0.4, 0.5) is 0 Å². The first kappa shape index (κ1) is 22.3. The fourth-order valence-corrected chi connectivity index (χ4v) is 4.39. The Kier molecular flexibility index (Phi) is 7.42. The van der Waals surface area contributed by atoms with Gasteiger partial charge in [-0.1, -0.05) is 35.5 Å². The third-order valence-electron chi connectivity index (χ3n) is 6.28. The lowest BCUT2D eigenvalue weighted by molar-refractivity contribution is -0.135. The van der Waals surface area contributed by atoms with E-state index in [-0.39, 0.29) is 11.9 Å². The van der Waals surface area contributed by atoms with E-state index >= 15 is 0 Å². The Hall–Kier alpha value is -2.87. The molecule has 0 radical (unpaired) electrons. The van der Waals surface area contributed by atoms with Crippen molar-refractivity contribution in [1.82, 2.24) is 25.2 Å². The van der Waals surface area contributed by atoms with Crippen LogP contribution in [0.25, 0.3) is 11.3 Å². The summed E-state index contributed by atoms with van der Waals surface area (Å²) in [5, 5.41) is 7.58. The van der Waals surface area contributed by atoms with Crippen LogP contribution in [-0.2, 0) is 11.3 Å². The maximum atomic E-state index is 12.7. The van der Waals surface area contributed by atoms with Gasteiger partial charge in [0, 0.05) is 57.4 Å². The molecule has 1 aromatic heterocycles. The van der Waals surface area contributed by atoms with Crippen LogP contribution in [0.15, 0.2) is 45.9 Å². The number of aliphatic imine (C=N–C) groups is 1. The van der Waals surface area contributed by atoms with E-state index in [1.54, 1.807) is 0 Å². The first-order chi connectivity index (χ1) is 15.7. The maximum absolute atomic E-state index is 12.7. The zero-order chi connectivity index (χ0) is 22.3. The molecule has 2 saturated heterocycles. The Labute approximate surface area is 190 Å². The number of nitrogens with one attached hydrogen (secondary N) is 1. The minimum absolute atomic E-state index is 0.0543. The molecule has 1 unspecified atom stereocenters. The first-order valence-electron chi connectivity index (χ1n) is 11.7. The standard InChI is InChI=1S/C24H34N6O2/c1-3-25-24(26-18-21-17-22(32-27-21)20-9-5-4-6-10-20)30-15-13-28(14-16-30)19(2)23(31)29-11-7-8-12-29/h4-6,9-10,17,19H,3,7-8,11-16,18H2,1-2H3,(H,25,26). The number of nitrogens with zero attached hydrogens (tertiary/aromatic N) is 5. The molecule has 2 aliphatic heterocycles. The number of likely N-dealkylation sites (tertiary alicyclic amines) is 1. The summed E-state index contributed by atoms with van der Waals surface area (Å²) in [6.07, 6.45) is 2.26. The van der Waals surface area contributed by atoms with Crippen molar-refractivity contribution in [2.75, 3.05) is 45.8 Å². The van der Waals surface area contributed by atoms with Crippen molar-refractivity contribution in [3.63, 3.8) is 0 Å². The molecule has 1 atom stereocenters. The molecule has 2 aromatic rings. The van der Waals surface area contributed by atoms with Crippen molar-refractivity contribution in [3.8, 4) is 11.3 Å². The Morgan fingerprint density at radius 1 is 1.09 bits per heavy atom. The molecule has 2 fully saturated rings. The van der Waals surface area contributed by atoms with E-state index in [2.05, 4.69) is 27.2 Å². The topological polar surface area (TPSA) is 77.2 Å². The Balaban J connectivity index is 1.34. The summed E-state index contributed by atoms with van der Waals surface area (Å²) in [6, 6.07) is 11.9. The number of piperazine rings is 1. The van der Waals surface area contributed by atoms with Crippen LogP contribution in [0, 0.1) is 0 Å². The van der Waals surface area contributed by atoms with E-state index in [0.717, 1.165) is 81.6 Å². The Morgan fingerprint density at radius 3 is 2.50 bits per heavy atom. The number of hydrogen-bond acceptors (Lipinski definition) is 5. The highest BCUT2D eigenvalue weighted by atomic mass is 16.5. The summed E-state index contributed by atoms with van der Waals surface area (Å²) in [5.74, 6) is 1.91. The SMILES string of the molecule is CCNC(=NCc1cc(-c2ccccc2)on1)N1CCN(C(C)C(=O)N2CCCC2)CC1. The maximum Gasteiger partial charge on any atom is 0.239 e. The predicted octanol–water partition coefficient (Wildman–Crippen LogP) is 2.44. The van der Waals surface area contributed by atoms with Crippen molar-refractivity contribution in [1.29, 1.82) is 0 Å². The third-order valence-corrected chi connectivity index (χ3v) is 6.28. The molecule has 2 aliphatic rings. The Morgan fingerprint density at radius 2 is 1.81 bits per heavy atom. The minimum atomic E-state index is -0.0543. The van der Waals surface area contributed by atoms with Crippen molar-refractivity contribution >= 4 is 11.9 Å². The second-order valence-corrected chi connectivity index (χ2v) is 8.45. The molecule has 0 aliphatic carbocycles. The van der Waals surface area contributed by atoms with E-state index < -0.39 is 0 Å². The molecule has 0 bridgehead atoms. The summed E-state index contributed by atoms with van der Waals surface area (Å²) < 4.78 is 5.50. The first-order valence-corrected chi connectivity index (χ1v) is 11.7. The summed E-state index contributed by atoms with van der Waals surface area (Å²) in [5.41, 5.74) is 1.82. The Bertz CT molecular complexity index is 898. The molecule has 8 heteroatoms. The van der Waals surface area contributed by atoms with Gasteiger partial charge < -0.3 is 19.6 Å². The highest BCUT2D eigenvalue weighted by Crippen LogP contribution is 2.20. The molecule has 8 nitrogen and oxygen atoms in total. The molecule has 172 valence electrons. The number of carbonyl (C=O) groups is 1. The molecule has 1 amide bonds. The summed E-state index contributed by atoms with van der Waals surface area (Å²) in [7, 11) is 0. The molecule has 4 rings (SSSR count). The summed E-state index contributed by atoms with van der Waals surface area (Å²) >= 11 is 0.